The lowest BCUT2D eigenvalue weighted by atomic mass is 9.90. The average molecular weight is 319 g/mol. The predicted molar refractivity (Wildman–Crippen MR) is 82.7 cm³/mol. The summed E-state index contributed by atoms with van der Waals surface area (Å²) in [5.74, 6) is -2.43. The fourth-order valence-corrected chi connectivity index (χ4v) is 2.74. The average Bonchev–Trinajstić information content (AvgIpc) is 2.85. The quantitative estimate of drug-likeness (QED) is 0.870. The molecule has 1 N–H and O–H groups in total. The van der Waals surface area contributed by atoms with Crippen molar-refractivity contribution in [1.29, 1.82) is 0 Å². The first-order chi connectivity index (χ1) is 10.9. The van der Waals surface area contributed by atoms with Crippen LogP contribution in [-0.2, 0) is 20.7 Å². The zero-order valence-electron chi connectivity index (χ0n) is 13.3. The van der Waals surface area contributed by atoms with Crippen LogP contribution in [0.5, 0.6) is 0 Å². The largest absolute Gasteiger partial charge is 0.481 e. The zero-order valence-corrected chi connectivity index (χ0v) is 13.3. The van der Waals surface area contributed by atoms with Gasteiger partial charge in [0.05, 0.1) is 18.4 Å². The van der Waals surface area contributed by atoms with Crippen LogP contribution in [0, 0.1) is 11.8 Å². The smallest absolute Gasteiger partial charge is 0.416 e. The van der Waals surface area contributed by atoms with Gasteiger partial charge in [-0.05, 0) is 17.9 Å². The van der Waals surface area contributed by atoms with Crippen molar-refractivity contribution < 1.29 is 24.2 Å². The lowest BCUT2D eigenvalue weighted by Crippen LogP contribution is -2.45. The third-order valence-corrected chi connectivity index (χ3v) is 4.03. The third-order valence-electron chi connectivity index (χ3n) is 4.03. The second-order valence-electron chi connectivity index (χ2n) is 6.08. The fraction of sp³-hybridized carbons (Fsp3) is 0.471. The van der Waals surface area contributed by atoms with Crippen molar-refractivity contribution in [1.82, 2.24) is 4.90 Å². The molecule has 124 valence electrons. The van der Waals surface area contributed by atoms with Crippen LogP contribution in [-0.4, -0.2) is 40.6 Å². The van der Waals surface area contributed by atoms with Crippen molar-refractivity contribution in [2.75, 3.05) is 6.61 Å². The number of hydrogen-bond donors (Lipinski definition) is 1. The Labute approximate surface area is 135 Å². The Kier molecular flexibility index (Phi) is 5.36. The number of carboxylic acid groups (broad SMARTS) is 1. The van der Waals surface area contributed by atoms with E-state index in [0.29, 0.717) is 6.42 Å². The molecule has 0 aliphatic carbocycles. The van der Waals surface area contributed by atoms with E-state index in [1.54, 1.807) is 13.8 Å². The number of carbonyl (C=O) groups is 3. The van der Waals surface area contributed by atoms with Gasteiger partial charge in [0.2, 0.25) is 5.91 Å². The van der Waals surface area contributed by atoms with E-state index in [2.05, 4.69) is 0 Å². The Balaban J connectivity index is 2.17. The second-order valence-corrected chi connectivity index (χ2v) is 6.08. The number of carboxylic acids is 1. The molecular formula is C17H21NO5. The summed E-state index contributed by atoms with van der Waals surface area (Å²) < 4.78 is 5.03. The Morgan fingerprint density at radius 1 is 1.30 bits per heavy atom. The highest BCUT2D eigenvalue weighted by Gasteiger charge is 2.42. The molecule has 2 atom stereocenters. The topological polar surface area (TPSA) is 83.9 Å². The van der Waals surface area contributed by atoms with Crippen molar-refractivity contribution in [3.05, 3.63) is 35.9 Å². The molecule has 2 rings (SSSR count). The van der Waals surface area contributed by atoms with Crippen LogP contribution in [0.4, 0.5) is 4.79 Å². The highest BCUT2D eigenvalue weighted by Crippen LogP contribution is 2.25. The van der Waals surface area contributed by atoms with Crippen molar-refractivity contribution >= 4 is 18.0 Å². The third kappa shape index (κ3) is 4.09. The predicted octanol–water partition coefficient (Wildman–Crippen LogP) is 2.32. The summed E-state index contributed by atoms with van der Waals surface area (Å²) in [6, 6.07) is 9.11. The van der Waals surface area contributed by atoms with Crippen LogP contribution in [0.15, 0.2) is 30.3 Å². The maximum atomic E-state index is 12.7. The van der Waals surface area contributed by atoms with Gasteiger partial charge in [0, 0.05) is 0 Å². The van der Waals surface area contributed by atoms with Crippen LogP contribution >= 0.6 is 0 Å². The van der Waals surface area contributed by atoms with Crippen LogP contribution in [0.1, 0.15) is 25.8 Å². The Morgan fingerprint density at radius 3 is 2.52 bits per heavy atom. The molecule has 23 heavy (non-hydrogen) atoms. The van der Waals surface area contributed by atoms with Gasteiger partial charge in [-0.2, -0.15) is 0 Å². The molecule has 2 amide bonds. The van der Waals surface area contributed by atoms with Crippen LogP contribution in [0.2, 0.25) is 0 Å². The van der Waals surface area contributed by atoms with E-state index in [-0.39, 0.29) is 18.9 Å². The number of carbonyl (C=O) groups excluding carboxylic acids is 2. The zero-order chi connectivity index (χ0) is 17.0. The molecule has 6 heteroatoms. The number of aliphatic carboxylic acids is 1. The van der Waals surface area contributed by atoms with Crippen molar-refractivity contribution in [3.8, 4) is 0 Å². The summed E-state index contributed by atoms with van der Waals surface area (Å²) in [6.45, 7) is 3.69. The minimum atomic E-state index is -1.05. The van der Waals surface area contributed by atoms with Gasteiger partial charge in [-0.25, -0.2) is 9.69 Å². The second kappa shape index (κ2) is 7.26. The number of nitrogens with zero attached hydrogens (tertiary/aromatic N) is 1. The summed E-state index contributed by atoms with van der Waals surface area (Å²) in [7, 11) is 0. The van der Waals surface area contributed by atoms with Gasteiger partial charge in [-0.15, -0.1) is 0 Å². The maximum absolute atomic E-state index is 12.7. The number of ether oxygens (including phenoxy) is 1. The summed E-state index contributed by atoms with van der Waals surface area (Å²) >= 11 is 0. The van der Waals surface area contributed by atoms with E-state index in [4.69, 9.17) is 9.84 Å². The molecule has 1 aliphatic heterocycles. The summed E-state index contributed by atoms with van der Waals surface area (Å²) in [4.78, 5) is 36.8. The molecular weight excluding hydrogens is 298 g/mol. The summed E-state index contributed by atoms with van der Waals surface area (Å²) in [6.07, 6.45) is -0.485. The van der Waals surface area contributed by atoms with Crippen molar-refractivity contribution in [2.24, 2.45) is 11.8 Å². The fourth-order valence-electron chi connectivity index (χ4n) is 2.74. The molecule has 0 bridgehead atoms. The number of rotatable bonds is 6. The van der Waals surface area contributed by atoms with Gasteiger partial charge >= 0.3 is 12.1 Å². The van der Waals surface area contributed by atoms with E-state index in [9.17, 15) is 14.4 Å². The SMILES string of the molecule is CC(C)[C@H](CC(=O)O)C(=O)N1C(=O)OC[C@H]1Cc1ccccc1. The molecule has 0 saturated carbocycles. The lowest BCUT2D eigenvalue weighted by molar-refractivity contribution is -0.145. The summed E-state index contributed by atoms with van der Waals surface area (Å²) in [5, 5.41) is 9.00. The van der Waals surface area contributed by atoms with E-state index in [0.717, 1.165) is 10.5 Å². The highest BCUT2D eigenvalue weighted by atomic mass is 16.6. The van der Waals surface area contributed by atoms with Gasteiger partial charge in [0.15, 0.2) is 0 Å². The molecule has 1 heterocycles. The molecule has 0 unspecified atom stereocenters. The normalized spacial score (nSPS) is 18.8. The van der Waals surface area contributed by atoms with E-state index < -0.39 is 29.9 Å². The molecule has 0 aromatic heterocycles. The van der Waals surface area contributed by atoms with E-state index in [1.165, 1.54) is 0 Å². The lowest BCUT2D eigenvalue weighted by Gasteiger charge is -2.26. The minimum Gasteiger partial charge on any atom is -0.481 e. The first kappa shape index (κ1) is 17.0. The van der Waals surface area contributed by atoms with Crippen molar-refractivity contribution in [3.63, 3.8) is 0 Å². The Bertz CT molecular complexity index is 584. The Hall–Kier alpha value is -2.37. The van der Waals surface area contributed by atoms with Crippen LogP contribution in [0.25, 0.3) is 0 Å². The molecule has 6 nitrogen and oxygen atoms in total. The van der Waals surface area contributed by atoms with Gasteiger partial charge in [-0.3, -0.25) is 9.59 Å². The number of imide groups is 1. The molecule has 0 spiro atoms. The number of amides is 2. The molecule has 1 aliphatic rings. The van der Waals surface area contributed by atoms with Gasteiger partial charge in [0.25, 0.3) is 0 Å². The summed E-state index contributed by atoms with van der Waals surface area (Å²) in [5.41, 5.74) is 0.993. The monoisotopic (exact) mass is 319 g/mol. The van der Waals surface area contributed by atoms with Crippen LogP contribution in [0.3, 0.4) is 0 Å². The maximum Gasteiger partial charge on any atom is 0.416 e. The standard InChI is InChI=1S/C17H21NO5/c1-11(2)14(9-15(19)20)16(21)18-13(10-23-17(18)22)8-12-6-4-3-5-7-12/h3-7,11,13-14H,8-10H2,1-2H3,(H,19,20)/t13-,14+/m1/s1. The van der Waals surface area contributed by atoms with Gasteiger partial charge in [-0.1, -0.05) is 44.2 Å². The first-order valence-electron chi connectivity index (χ1n) is 7.65. The minimum absolute atomic E-state index is 0.136. The highest BCUT2D eigenvalue weighted by molar-refractivity contribution is 5.96. The number of hydrogen-bond acceptors (Lipinski definition) is 4. The Morgan fingerprint density at radius 2 is 1.96 bits per heavy atom. The van der Waals surface area contributed by atoms with Gasteiger partial charge in [0.1, 0.15) is 6.61 Å². The molecule has 1 aromatic carbocycles. The number of cyclic esters (lactones) is 1. The van der Waals surface area contributed by atoms with Gasteiger partial charge < -0.3 is 9.84 Å². The molecule has 1 fully saturated rings. The first-order valence-corrected chi connectivity index (χ1v) is 7.65. The number of benzene rings is 1. The molecule has 0 radical (unpaired) electrons. The van der Waals surface area contributed by atoms with E-state index in [1.807, 2.05) is 30.3 Å². The van der Waals surface area contributed by atoms with Crippen molar-refractivity contribution in [2.45, 2.75) is 32.7 Å². The van der Waals surface area contributed by atoms with E-state index >= 15 is 0 Å². The molecule has 1 aromatic rings. The van der Waals surface area contributed by atoms with Crippen LogP contribution < -0.4 is 0 Å². The molecule has 1 saturated heterocycles.